The fourth-order valence-corrected chi connectivity index (χ4v) is 2.23. The highest BCUT2D eigenvalue weighted by molar-refractivity contribution is 5.94. The van der Waals surface area contributed by atoms with Crippen LogP contribution in [0.2, 0.25) is 0 Å². The monoisotopic (exact) mass is 276 g/mol. The maximum absolute atomic E-state index is 12.0. The predicted molar refractivity (Wildman–Crippen MR) is 79.6 cm³/mol. The van der Waals surface area contributed by atoms with E-state index in [-0.39, 0.29) is 5.91 Å². The smallest absolute Gasteiger partial charge is 0.251 e. The Morgan fingerprint density at radius 2 is 2.15 bits per heavy atom. The lowest BCUT2D eigenvalue weighted by Crippen LogP contribution is -2.25. The summed E-state index contributed by atoms with van der Waals surface area (Å²) >= 11 is 0. The second-order valence-corrected chi connectivity index (χ2v) is 5.67. The summed E-state index contributed by atoms with van der Waals surface area (Å²) in [6.45, 7) is 8.17. The number of rotatable bonds is 7. The van der Waals surface area contributed by atoms with Gasteiger partial charge in [0.1, 0.15) is 0 Å². The van der Waals surface area contributed by atoms with Gasteiger partial charge in [-0.2, -0.15) is 0 Å². The zero-order valence-electron chi connectivity index (χ0n) is 12.4. The van der Waals surface area contributed by atoms with Crippen LogP contribution in [-0.4, -0.2) is 25.7 Å². The van der Waals surface area contributed by atoms with E-state index in [9.17, 15) is 4.79 Å². The van der Waals surface area contributed by atoms with Crippen LogP contribution in [0.4, 0.5) is 0 Å². The third-order valence-corrected chi connectivity index (χ3v) is 3.30. The van der Waals surface area contributed by atoms with Gasteiger partial charge < -0.3 is 15.4 Å². The van der Waals surface area contributed by atoms with Gasteiger partial charge in [0.15, 0.2) is 0 Å². The fraction of sp³-hybridized carbons (Fsp3) is 0.562. The van der Waals surface area contributed by atoms with Gasteiger partial charge in [-0.1, -0.05) is 19.9 Å². The molecule has 2 rings (SSSR count). The van der Waals surface area contributed by atoms with Crippen LogP contribution in [0, 0.1) is 5.92 Å². The summed E-state index contributed by atoms with van der Waals surface area (Å²) in [7, 11) is 0. The van der Waals surface area contributed by atoms with Gasteiger partial charge in [-0.05, 0) is 35.6 Å². The van der Waals surface area contributed by atoms with Crippen molar-refractivity contribution in [1.82, 2.24) is 10.6 Å². The SMILES string of the molecule is CC(C)COCCCNC(=O)c1ccc2c(c1)CNC2. The van der Waals surface area contributed by atoms with E-state index in [1.54, 1.807) is 0 Å². The third kappa shape index (κ3) is 4.32. The van der Waals surface area contributed by atoms with E-state index in [1.165, 1.54) is 11.1 Å². The second kappa shape index (κ2) is 7.41. The van der Waals surface area contributed by atoms with Crippen molar-refractivity contribution in [3.8, 4) is 0 Å². The van der Waals surface area contributed by atoms with E-state index in [0.717, 1.165) is 31.7 Å². The van der Waals surface area contributed by atoms with Crippen molar-refractivity contribution in [3.63, 3.8) is 0 Å². The Morgan fingerprint density at radius 1 is 1.35 bits per heavy atom. The van der Waals surface area contributed by atoms with Gasteiger partial charge in [-0.15, -0.1) is 0 Å². The number of ether oxygens (including phenoxy) is 1. The molecule has 110 valence electrons. The van der Waals surface area contributed by atoms with Crippen molar-refractivity contribution in [1.29, 1.82) is 0 Å². The topological polar surface area (TPSA) is 50.4 Å². The van der Waals surface area contributed by atoms with Crippen molar-refractivity contribution in [3.05, 3.63) is 34.9 Å². The molecule has 0 fully saturated rings. The van der Waals surface area contributed by atoms with Gasteiger partial charge >= 0.3 is 0 Å². The molecule has 0 unspecified atom stereocenters. The van der Waals surface area contributed by atoms with Gasteiger partial charge in [0.2, 0.25) is 0 Å². The first-order valence-electron chi connectivity index (χ1n) is 7.35. The Hall–Kier alpha value is -1.39. The summed E-state index contributed by atoms with van der Waals surface area (Å²) in [5.74, 6) is 0.563. The fourth-order valence-electron chi connectivity index (χ4n) is 2.23. The van der Waals surface area contributed by atoms with E-state index in [4.69, 9.17) is 4.74 Å². The number of carbonyl (C=O) groups is 1. The highest BCUT2D eigenvalue weighted by Crippen LogP contribution is 2.16. The predicted octanol–water partition coefficient (Wildman–Crippen LogP) is 2.08. The molecule has 0 saturated heterocycles. The Kier molecular flexibility index (Phi) is 5.56. The van der Waals surface area contributed by atoms with Gasteiger partial charge in [0.05, 0.1) is 0 Å². The molecular weight excluding hydrogens is 252 g/mol. The molecule has 1 aromatic rings. The molecule has 1 aliphatic heterocycles. The van der Waals surface area contributed by atoms with Crippen molar-refractivity contribution in [2.24, 2.45) is 5.92 Å². The lowest BCUT2D eigenvalue weighted by molar-refractivity contribution is 0.0925. The Balaban J connectivity index is 1.70. The van der Waals surface area contributed by atoms with E-state index >= 15 is 0 Å². The van der Waals surface area contributed by atoms with E-state index in [0.29, 0.717) is 19.1 Å². The van der Waals surface area contributed by atoms with E-state index in [2.05, 4.69) is 24.5 Å². The molecular formula is C16H24N2O2. The standard InChI is InChI=1S/C16H24N2O2/c1-12(2)11-20-7-3-6-18-16(19)13-4-5-14-9-17-10-15(14)8-13/h4-5,8,12,17H,3,6-7,9-11H2,1-2H3,(H,18,19). The Bertz CT molecular complexity index is 458. The van der Waals surface area contributed by atoms with E-state index in [1.807, 2.05) is 18.2 Å². The number of carbonyl (C=O) groups excluding carboxylic acids is 1. The third-order valence-electron chi connectivity index (χ3n) is 3.30. The van der Waals surface area contributed by atoms with Crippen LogP contribution in [0.1, 0.15) is 41.8 Å². The average molecular weight is 276 g/mol. The Labute approximate surface area is 120 Å². The highest BCUT2D eigenvalue weighted by Gasteiger charge is 2.12. The molecule has 0 spiro atoms. The quantitative estimate of drug-likeness (QED) is 0.750. The maximum atomic E-state index is 12.0. The van der Waals surface area contributed by atoms with Crippen LogP contribution in [0.25, 0.3) is 0 Å². The zero-order chi connectivity index (χ0) is 14.4. The molecule has 1 heterocycles. The first kappa shape index (κ1) is 15.0. The number of hydrogen-bond acceptors (Lipinski definition) is 3. The molecule has 0 aliphatic carbocycles. The number of hydrogen-bond donors (Lipinski definition) is 2. The summed E-state index contributed by atoms with van der Waals surface area (Å²) in [5, 5.41) is 6.22. The van der Waals surface area contributed by atoms with Crippen molar-refractivity contribution < 1.29 is 9.53 Å². The summed E-state index contributed by atoms with van der Waals surface area (Å²) < 4.78 is 5.48. The highest BCUT2D eigenvalue weighted by atomic mass is 16.5. The zero-order valence-corrected chi connectivity index (χ0v) is 12.4. The number of nitrogens with one attached hydrogen (secondary N) is 2. The largest absolute Gasteiger partial charge is 0.381 e. The minimum atomic E-state index is 0.00330. The molecule has 4 heteroatoms. The number of fused-ring (bicyclic) bond motifs is 1. The van der Waals surface area contributed by atoms with Gasteiger partial charge in [0.25, 0.3) is 5.91 Å². The van der Waals surface area contributed by atoms with Gasteiger partial charge in [-0.25, -0.2) is 0 Å². The molecule has 0 radical (unpaired) electrons. The van der Waals surface area contributed by atoms with Gasteiger partial charge in [0, 0.05) is 38.4 Å². The molecule has 0 saturated carbocycles. The minimum Gasteiger partial charge on any atom is -0.381 e. The normalized spacial score (nSPS) is 13.6. The van der Waals surface area contributed by atoms with Crippen LogP contribution in [0.3, 0.4) is 0 Å². The summed E-state index contributed by atoms with van der Waals surface area (Å²) in [5.41, 5.74) is 3.28. The van der Waals surface area contributed by atoms with Crippen molar-refractivity contribution in [2.75, 3.05) is 19.8 Å². The summed E-state index contributed by atoms with van der Waals surface area (Å²) in [6, 6.07) is 5.92. The molecule has 20 heavy (non-hydrogen) atoms. The number of amides is 1. The molecule has 2 N–H and O–H groups in total. The van der Waals surface area contributed by atoms with Crippen molar-refractivity contribution in [2.45, 2.75) is 33.4 Å². The first-order valence-corrected chi connectivity index (χ1v) is 7.35. The van der Waals surface area contributed by atoms with Crippen LogP contribution in [-0.2, 0) is 17.8 Å². The maximum Gasteiger partial charge on any atom is 0.251 e. The minimum absolute atomic E-state index is 0.00330. The lowest BCUT2D eigenvalue weighted by atomic mass is 10.1. The van der Waals surface area contributed by atoms with Crippen LogP contribution in [0.15, 0.2) is 18.2 Å². The average Bonchev–Trinajstić information content (AvgIpc) is 2.89. The first-order chi connectivity index (χ1) is 9.66. The molecule has 4 nitrogen and oxygen atoms in total. The summed E-state index contributed by atoms with van der Waals surface area (Å²) in [6.07, 6.45) is 0.852. The van der Waals surface area contributed by atoms with Crippen LogP contribution in [0.5, 0.6) is 0 Å². The molecule has 1 aliphatic rings. The Morgan fingerprint density at radius 3 is 2.95 bits per heavy atom. The second-order valence-electron chi connectivity index (χ2n) is 5.67. The summed E-state index contributed by atoms with van der Waals surface area (Å²) in [4.78, 5) is 12.0. The molecule has 0 aromatic heterocycles. The van der Waals surface area contributed by atoms with Crippen molar-refractivity contribution >= 4 is 5.91 Å². The molecule has 0 bridgehead atoms. The van der Waals surface area contributed by atoms with E-state index < -0.39 is 0 Å². The van der Waals surface area contributed by atoms with Gasteiger partial charge in [-0.3, -0.25) is 4.79 Å². The molecule has 1 amide bonds. The van der Waals surface area contributed by atoms with Crippen LogP contribution >= 0.6 is 0 Å². The lowest BCUT2D eigenvalue weighted by Gasteiger charge is -2.08. The number of benzene rings is 1. The molecule has 0 atom stereocenters. The van der Waals surface area contributed by atoms with Crippen LogP contribution < -0.4 is 10.6 Å². The molecule has 1 aromatic carbocycles.